The highest BCUT2D eigenvalue weighted by atomic mass is 32.1. The van der Waals surface area contributed by atoms with Gasteiger partial charge in [-0.3, -0.25) is 14.6 Å². The number of anilines is 1. The zero-order valence-corrected chi connectivity index (χ0v) is 19.9. The summed E-state index contributed by atoms with van der Waals surface area (Å²) in [6, 6.07) is 9.94. The maximum Gasteiger partial charge on any atom is 0.410 e. The minimum atomic E-state index is -0.588. The van der Waals surface area contributed by atoms with Crippen molar-refractivity contribution in [3.8, 4) is 0 Å². The number of nitrogens with zero attached hydrogens (tertiary/aromatic N) is 3. The van der Waals surface area contributed by atoms with Crippen LogP contribution in [0.1, 0.15) is 56.2 Å². The van der Waals surface area contributed by atoms with Crippen LogP contribution in [0.15, 0.2) is 30.3 Å². The van der Waals surface area contributed by atoms with E-state index < -0.39 is 17.7 Å². The molecule has 0 aliphatic carbocycles. The van der Waals surface area contributed by atoms with Crippen molar-refractivity contribution in [2.24, 2.45) is 0 Å². The maximum atomic E-state index is 13.1. The first-order chi connectivity index (χ1) is 15.3. The quantitative estimate of drug-likeness (QED) is 0.737. The van der Waals surface area contributed by atoms with E-state index in [0.29, 0.717) is 18.1 Å². The Balaban J connectivity index is 1.39. The Morgan fingerprint density at radius 1 is 1.19 bits per heavy atom. The number of aromatic nitrogens is 1. The third kappa shape index (κ3) is 5.66. The highest BCUT2D eigenvalue weighted by Crippen LogP contribution is 2.30. The standard InChI is InChI=1S/C24H32N4O3S/c1-24(2,3)31-23(30)28-13-8-7-11-19(28)21(29)26-22-25-18-12-14-27(16-20(18)32-22)15-17-9-5-4-6-10-17/h4-6,9-10,19H,7-8,11-16H2,1-3H3,(H,25,26,29). The fraction of sp³-hybridized carbons (Fsp3) is 0.542. The number of piperidine rings is 1. The van der Waals surface area contributed by atoms with Gasteiger partial charge in [0.05, 0.1) is 5.69 Å². The Hall–Kier alpha value is -2.45. The molecule has 3 heterocycles. The molecule has 1 N–H and O–H groups in total. The lowest BCUT2D eigenvalue weighted by Gasteiger charge is -2.35. The van der Waals surface area contributed by atoms with E-state index in [1.165, 1.54) is 10.4 Å². The van der Waals surface area contributed by atoms with Gasteiger partial charge in [-0.2, -0.15) is 0 Å². The number of hydrogen-bond acceptors (Lipinski definition) is 6. The summed E-state index contributed by atoms with van der Waals surface area (Å²) in [5.74, 6) is -0.178. The summed E-state index contributed by atoms with van der Waals surface area (Å²) in [6.07, 6.45) is 2.89. The van der Waals surface area contributed by atoms with Gasteiger partial charge in [0, 0.05) is 37.5 Å². The number of carbonyl (C=O) groups excluding carboxylic acids is 2. The van der Waals surface area contributed by atoms with Gasteiger partial charge in [-0.15, -0.1) is 11.3 Å². The number of fused-ring (bicyclic) bond motifs is 1. The fourth-order valence-electron chi connectivity index (χ4n) is 4.21. The zero-order valence-electron chi connectivity index (χ0n) is 19.1. The molecule has 2 aliphatic heterocycles. The first-order valence-corrected chi connectivity index (χ1v) is 12.2. The minimum absolute atomic E-state index is 0.178. The monoisotopic (exact) mass is 456 g/mol. The highest BCUT2D eigenvalue weighted by molar-refractivity contribution is 7.15. The van der Waals surface area contributed by atoms with Crippen molar-refractivity contribution in [1.29, 1.82) is 0 Å². The van der Waals surface area contributed by atoms with Crippen molar-refractivity contribution in [2.75, 3.05) is 18.4 Å². The van der Waals surface area contributed by atoms with Gasteiger partial charge in [0.1, 0.15) is 11.6 Å². The van der Waals surface area contributed by atoms with Crippen LogP contribution in [0.3, 0.4) is 0 Å². The third-order valence-electron chi connectivity index (χ3n) is 5.72. The number of nitrogens with one attached hydrogen (secondary N) is 1. The number of amides is 2. The first kappa shape index (κ1) is 22.7. The van der Waals surface area contributed by atoms with Gasteiger partial charge in [0.15, 0.2) is 5.13 Å². The van der Waals surface area contributed by atoms with Gasteiger partial charge < -0.3 is 10.1 Å². The van der Waals surface area contributed by atoms with E-state index in [9.17, 15) is 9.59 Å². The van der Waals surface area contributed by atoms with Crippen LogP contribution in [0, 0.1) is 0 Å². The lowest BCUT2D eigenvalue weighted by Crippen LogP contribution is -2.51. The lowest BCUT2D eigenvalue weighted by molar-refractivity contribution is -0.122. The van der Waals surface area contributed by atoms with Crippen molar-refractivity contribution in [3.05, 3.63) is 46.5 Å². The molecule has 1 atom stereocenters. The normalized spacial score (nSPS) is 19.3. The molecule has 172 valence electrons. The summed E-state index contributed by atoms with van der Waals surface area (Å²) in [5, 5.41) is 3.60. The van der Waals surface area contributed by atoms with E-state index in [2.05, 4.69) is 39.5 Å². The molecule has 32 heavy (non-hydrogen) atoms. The Morgan fingerprint density at radius 3 is 2.72 bits per heavy atom. The molecule has 0 radical (unpaired) electrons. The SMILES string of the molecule is CC(C)(C)OC(=O)N1CCCCC1C(=O)Nc1nc2c(s1)CN(Cc1ccccc1)CC2. The van der Waals surface area contributed by atoms with E-state index in [1.54, 1.807) is 16.2 Å². The molecule has 0 saturated carbocycles. The largest absolute Gasteiger partial charge is 0.444 e. The molecule has 8 heteroatoms. The number of thiazole rings is 1. The van der Waals surface area contributed by atoms with Crippen molar-refractivity contribution >= 4 is 28.5 Å². The molecule has 1 fully saturated rings. The number of ether oxygens (including phenoxy) is 1. The highest BCUT2D eigenvalue weighted by Gasteiger charge is 2.35. The summed E-state index contributed by atoms with van der Waals surface area (Å²) in [5.41, 5.74) is 1.78. The maximum absolute atomic E-state index is 13.1. The third-order valence-corrected chi connectivity index (χ3v) is 6.72. The molecule has 1 aromatic carbocycles. The average Bonchev–Trinajstić information content (AvgIpc) is 3.14. The Morgan fingerprint density at radius 2 is 1.97 bits per heavy atom. The van der Waals surface area contributed by atoms with E-state index in [0.717, 1.165) is 44.6 Å². The topological polar surface area (TPSA) is 74.8 Å². The number of benzene rings is 1. The van der Waals surface area contributed by atoms with Gasteiger partial charge in [-0.1, -0.05) is 30.3 Å². The minimum Gasteiger partial charge on any atom is -0.444 e. The van der Waals surface area contributed by atoms with E-state index in [1.807, 2.05) is 26.8 Å². The van der Waals surface area contributed by atoms with Crippen LogP contribution < -0.4 is 5.32 Å². The van der Waals surface area contributed by atoms with E-state index >= 15 is 0 Å². The molecule has 0 spiro atoms. The van der Waals surface area contributed by atoms with Gasteiger partial charge in [-0.25, -0.2) is 9.78 Å². The van der Waals surface area contributed by atoms with Crippen molar-refractivity contribution in [2.45, 2.75) is 71.2 Å². The Labute approximate surface area is 193 Å². The summed E-state index contributed by atoms with van der Waals surface area (Å²) in [7, 11) is 0. The van der Waals surface area contributed by atoms with Gasteiger partial charge in [0.25, 0.3) is 0 Å². The molecule has 1 unspecified atom stereocenters. The Kier molecular flexibility index (Phi) is 6.81. The van der Waals surface area contributed by atoms with E-state index in [-0.39, 0.29) is 5.91 Å². The van der Waals surface area contributed by atoms with Crippen molar-refractivity contribution < 1.29 is 14.3 Å². The smallest absolute Gasteiger partial charge is 0.410 e. The van der Waals surface area contributed by atoms with Crippen molar-refractivity contribution in [1.82, 2.24) is 14.8 Å². The predicted octanol–water partition coefficient (Wildman–Crippen LogP) is 4.43. The molecule has 1 saturated heterocycles. The average molecular weight is 457 g/mol. The molecule has 2 aromatic rings. The van der Waals surface area contributed by atoms with Crippen LogP contribution in [-0.4, -0.2) is 51.5 Å². The van der Waals surface area contributed by atoms with Crippen molar-refractivity contribution in [3.63, 3.8) is 0 Å². The van der Waals surface area contributed by atoms with Gasteiger partial charge in [-0.05, 0) is 45.6 Å². The second kappa shape index (κ2) is 9.58. The molecule has 1 aromatic heterocycles. The predicted molar refractivity (Wildman–Crippen MR) is 126 cm³/mol. The molecular formula is C24H32N4O3S. The molecule has 0 bridgehead atoms. The van der Waals surface area contributed by atoms with Crippen LogP contribution in [0.4, 0.5) is 9.93 Å². The van der Waals surface area contributed by atoms with Crippen LogP contribution in [0.2, 0.25) is 0 Å². The lowest BCUT2D eigenvalue weighted by atomic mass is 10.0. The summed E-state index contributed by atoms with van der Waals surface area (Å²) in [4.78, 5) is 35.6. The molecule has 7 nitrogen and oxygen atoms in total. The summed E-state index contributed by atoms with van der Waals surface area (Å²) in [6.45, 7) is 8.75. The number of hydrogen-bond donors (Lipinski definition) is 1. The second-order valence-electron chi connectivity index (χ2n) is 9.51. The van der Waals surface area contributed by atoms with Gasteiger partial charge >= 0.3 is 6.09 Å². The molecule has 4 rings (SSSR count). The second-order valence-corrected chi connectivity index (χ2v) is 10.6. The summed E-state index contributed by atoms with van der Waals surface area (Å²) >= 11 is 1.54. The summed E-state index contributed by atoms with van der Waals surface area (Å²) < 4.78 is 5.52. The Bertz CT molecular complexity index is 954. The van der Waals surface area contributed by atoms with Crippen LogP contribution >= 0.6 is 11.3 Å². The first-order valence-electron chi connectivity index (χ1n) is 11.3. The zero-order chi connectivity index (χ0) is 22.7. The van der Waals surface area contributed by atoms with E-state index in [4.69, 9.17) is 4.74 Å². The number of likely N-dealkylation sites (tertiary alicyclic amines) is 1. The molecular weight excluding hydrogens is 424 g/mol. The van der Waals surface area contributed by atoms with Crippen LogP contribution in [0.25, 0.3) is 0 Å². The van der Waals surface area contributed by atoms with Gasteiger partial charge in [0.2, 0.25) is 5.91 Å². The fourth-order valence-corrected chi connectivity index (χ4v) is 5.26. The molecule has 2 amide bonds. The van der Waals surface area contributed by atoms with Crippen LogP contribution in [0.5, 0.6) is 0 Å². The number of carbonyl (C=O) groups is 2. The molecule has 2 aliphatic rings. The number of rotatable bonds is 4. The van der Waals surface area contributed by atoms with Crippen LogP contribution in [-0.2, 0) is 29.0 Å².